The fourth-order valence-corrected chi connectivity index (χ4v) is 4.54. The Kier molecular flexibility index (Phi) is 4.90. The molecule has 0 bridgehead atoms. The molecular formula is C17H23N5O3S. The number of hydrogen-bond acceptors (Lipinski definition) is 7. The smallest absolute Gasteiger partial charge is 0.275 e. The second-order valence-corrected chi connectivity index (χ2v) is 7.89. The second kappa shape index (κ2) is 7.32. The van der Waals surface area contributed by atoms with Gasteiger partial charge in [-0.05, 0) is 32.6 Å². The highest BCUT2D eigenvalue weighted by molar-refractivity contribution is 7.20. The van der Waals surface area contributed by atoms with Crippen LogP contribution in [0.15, 0.2) is 10.9 Å². The molecule has 1 N–H and O–H groups in total. The molecule has 2 aliphatic heterocycles. The first-order valence-corrected chi connectivity index (χ1v) is 9.93. The van der Waals surface area contributed by atoms with E-state index in [1.807, 2.05) is 6.92 Å². The van der Waals surface area contributed by atoms with E-state index in [0.717, 1.165) is 50.5 Å². The average molecular weight is 377 g/mol. The Morgan fingerprint density at radius 1 is 1.38 bits per heavy atom. The molecule has 4 heterocycles. The number of aromatic nitrogens is 3. The lowest BCUT2D eigenvalue weighted by Crippen LogP contribution is -2.42. The Morgan fingerprint density at radius 2 is 2.19 bits per heavy atom. The van der Waals surface area contributed by atoms with Crippen molar-refractivity contribution < 1.29 is 9.53 Å². The highest BCUT2D eigenvalue weighted by Gasteiger charge is 2.27. The van der Waals surface area contributed by atoms with E-state index in [-0.39, 0.29) is 23.5 Å². The van der Waals surface area contributed by atoms with E-state index in [4.69, 9.17) is 4.74 Å². The van der Waals surface area contributed by atoms with E-state index in [0.29, 0.717) is 17.2 Å². The summed E-state index contributed by atoms with van der Waals surface area (Å²) in [4.78, 5) is 31.5. The summed E-state index contributed by atoms with van der Waals surface area (Å²) in [5, 5.41) is 8.23. The van der Waals surface area contributed by atoms with Crippen molar-refractivity contribution in [3.05, 3.63) is 22.1 Å². The van der Waals surface area contributed by atoms with Gasteiger partial charge in [-0.2, -0.15) is 4.52 Å². The van der Waals surface area contributed by atoms with Crippen LogP contribution < -0.4 is 15.8 Å². The summed E-state index contributed by atoms with van der Waals surface area (Å²) in [5.74, 6) is 0.156. The summed E-state index contributed by atoms with van der Waals surface area (Å²) in [6, 6.07) is 1.49. The van der Waals surface area contributed by atoms with Crippen LogP contribution in [-0.2, 0) is 9.53 Å². The van der Waals surface area contributed by atoms with Crippen molar-refractivity contribution >= 4 is 27.3 Å². The number of ether oxygens (including phenoxy) is 1. The maximum atomic E-state index is 12.4. The number of anilines is 1. The average Bonchev–Trinajstić information content (AvgIpc) is 3.29. The first-order chi connectivity index (χ1) is 12.6. The van der Waals surface area contributed by atoms with Gasteiger partial charge in [0.2, 0.25) is 16.0 Å². The first kappa shape index (κ1) is 17.4. The summed E-state index contributed by atoms with van der Waals surface area (Å²) < 4.78 is 6.90. The Balaban J connectivity index is 1.35. The number of rotatable bonds is 4. The summed E-state index contributed by atoms with van der Waals surface area (Å²) in [5.41, 5.74) is 0.546. The highest BCUT2D eigenvalue weighted by atomic mass is 32.1. The first-order valence-electron chi connectivity index (χ1n) is 9.12. The van der Waals surface area contributed by atoms with Crippen LogP contribution in [0.2, 0.25) is 0 Å². The fraction of sp³-hybridized carbons (Fsp3) is 0.647. The van der Waals surface area contributed by atoms with Gasteiger partial charge in [0.05, 0.1) is 6.10 Å². The number of carbonyl (C=O) groups excluding carboxylic acids is 1. The Hall–Kier alpha value is -2.00. The molecule has 0 saturated carbocycles. The minimum atomic E-state index is -0.154. The number of hydrogen-bond donors (Lipinski definition) is 1. The monoisotopic (exact) mass is 377 g/mol. The molecule has 0 aliphatic carbocycles. The van der Waals surface area contributed by atoms with Crippen LogP contribution in [0.4, 0.5) is 5.13 Å². The topological polar surface area (TPSA) is 88.8 Å². The molecule has 2 fully saturated rings. The van der Waals surface area contributed by atoms with Crippen molar-refractivity contribution in [1.82, 2.24) is 19.9 Å². The van der Waals surface area contributed by atoms with Gasteiger partial charge < -0.3 is 15.0 Å². The van der Waals surface area contributed by atoms with Gasteiger partial charge in [-0.3, -0.25) is 9.59 Å². The Morgan fingerprint density at radius 3 is 2.92 bits per heavy atom. The van der Waals surface area contributed by atoms with Crippen LogP contribution in [0.3, 0.4) is 0 Å². The van der Waals surface area contributed by atoms with Gasteiger partial charge in [0.25, 0.3) is 5.56 Å². The van der Waals surface area contributed by atoms with Crippen LogP contribution in [0, 0.1) is 12.8 Å². The van der Waals surface area contributed by atoms with Gasteiger partial charge >= 0.3 is 0 Å². The third-order valence-electron chi connectivity index (χ3n) is 5.03. The molecule has 1 unspecified atom stereocenters. The molecule has 1 amide bonds. The van der Waals surface area contributed by atoms with Crippen LogP contribution >= 0.6 is 11.3 Å². The van der Waals surface area contributed by atoms with Crippen molar-refractivity contribution in [1.29, 1.82) is 0 Å². The number of piperidine rings is 1. The van der Waals surface area contributed by atoms with Crippen LogP contribution in [0.5, 0.6) is 0 Å². The summed E-state index contributed by atoms with van der Waals surface area (Å²) in [6.07, 6.45) is 3.86. The van der Waals surface area contributed by atoms with Gasteiger partial charge in [0.1, 0.15) is 0 Å². The molecule has 2 aliphatic rings. The molecule has 0 aromatic carbocycles. The van der Waals surface area contributed by atoms with E-state index in [9.17, 15) is 9.59 Å². The molecule has 8 nitrogen and oxygen atoms in total. The quantitative estimate of drug-likeness (QED) is 0.854. The molecule has 2 aromatic rings. The number of nitrogens with one attached hydrogen (secondary N) is 1. The minimum Gasteiger partial charge on any atom is -0.376 e. The number of carbonyl (C=O) groups is 1. The van der Waals surface area contributed by atoms with E-state index in [1.54, 1.807) is 0 Å². The highest BCUT2D eigenvalue weighted by Crippen LogP contribution is 2.27. The predicted molar refractivity (Wildman–Crippen MR) is 98.8 cm³/mol. The summed E-state index contributed by atoms with van der Waals surface area (Å²) in [7, 11) is 0. The van der Waals surface area contributed by atoms with Crippen molar-refractivity contribution in [2.24, 2.45) is 5.92 Å². The predicted octanol–water partition coefficient (Wildman–Crippen LogP) is 0.971. The lowest BCUT2D eigenvalue weighted by Gasteiger charge is -2.30. The molecule has 1 atom stereocenters. The molecule has 9 heteroatoms. The number of fused-ring (bicyclic) bond motifs is 1. The van der Waals surface area contributed by atoms with Crippen LogP contribution in [0.1, 0.15) is 31.4 Å². The molecule has 26 heavy (non-hydrogen) atoms. The lowest BCUT2D eigenvalue weighted by atomic mass is 9.96. The molecule has 0 radical (unpaired) electrons. The van der Waals surface area contributed by atoms with E-state index in [2.05, 4.69) is 20.3 Å². The zero-order chi connectivity index (χ0) is 18.1. The third kappa shape index (κ3) is 3.59. The van der Waals surface area contributed by atoms with Gasteiger partial charge in [-0.1, -0.05) is 11.3 Å². The molecular weight excluding hydrogens is 354 g/mol. The van der Waals surface area contributed by atoms with Gasteiger partial charge in [0.15, 0.2) is 0 Å². The third-order valence-corrected chi connectivity index (χ3v) is 6.00. The second-order valence-electron chi connectivity index (χ2n) is 6.96. The molecule has 2 aromatic heterocycles. The molecule has 2 saturated heterocycles. The number of amides is 1. The molecule has 140 valence electrons. The van der Waals surface area contributed by atoms with E-state index < -0.39 is 0 Å². The molecule has 4 rings (SSSR count). The largest absolute Gasteiger partial charge is 0.376 e. The Labute approximate surface area is 155 Å². The van der Waals surface area contributed by atoms with E-state index in [1.165, 1.54) is 21.9 Å². The lowest BCUT2D eigenvalue weighted by molar-refractivity contribution is -0.126. The Bertz CT molecular complexity index is 850. The van der Waals surface area contributed by atoms with E-state index >= 15 is 0 Å². The van der Waals surface area contributed by atoms with Crippen molar-refractivity contribution in [2.75, 3.05) is 31.1 Å². The normalized spacial score (nSPS) is 21.4. The van der Waals surface area contributed by atoms with Crippen LogP contribution in [0.25, 0.3) is 4.96 Å². The maximum Gasteiger partial charge on any atom is 0.275 e. The zero-order valence-corrected chi connectivity index (χ0v) is 15.6. The number of aryl methyl sites for hydroxylation is 1. The van der Waals surface area contributed by atoms with Crippen molar-refractivity contribution in [2.45, 2.75) is 38.7 Å². The van der Waals surface area contributed by atoms with Gasteiger partial charge in [-0.25, -0.2) is 4.98 Å². The number of nitrogens with zero attached hydrogens (tertiary/aromatic N) is 4. The van der Waals surface area contributed by atoms with Crippen LogP contribution in [-0.4, -0.2) is 52.9 Å². The van der Waals surface area contributed by atoms with Crippen molar-refractivity contribution in [3.8, 4) is 0 Å². The SMILES string of the molecule is Cc1cc(=O)n2nc(N3CCC(C(=O)NCC4CCCO4)CC3)sc2n1. The molecule has 0 spiro atoms. The summed E-state index contributed by atoms with van der Waals surface area (Å²) in [6.45, 7) is 4.74. The fourth-order valence-electron chi connectivity index (χ4n) is 3.54. The zero-order valence-electron chi connectivity index (χ0n) is 14.8. The van der Waals surface area contributed by atoms with Crippen molar-refractivity contribution in [3.63, 3.8) is 0 Å². The standard InChI is InChI=1S/C17H23N5O3S/c1-11-9-14(23)22-16(19-11)26-17(20-22)21-6-4-12(5-7-21)15(24)18-10-13-3-2-8-25-13/h9,12-13H,2-8,10H2,1H3,(H,18,24). The maximum absolute atomic E-state index is 12.4. The minimum absolute atomic E-state index is 0.0325. The summed E-state index contributed by atoms with van der Waals surface area (Å²) >= 11 is 1.42. The van der Waals surface area contributed by atoms with Gasteiger partial charge in [0, 0.05) is 43.9 Å². The van der Waals surface area contributed by atoms with Gasteiger partial charge in [-0.15, -0.1) is 5.10 Å².